The summed E-state index contributed by atoms with van der Waals surface area (Å²) >= 11 is 0. The molecule has 0 saturated carbocycles. The van der Waals surface area contributed by atoms with Crippen LogP contribution < -0.4 is 9.47 Å². The molecule has 0 N–H and O–H groups in total. The van der Waals surface area contributed by atoms with Gasteiger partial charge in [-0.05, 0) is 49.3 Å². The van der Waals surface area contributed by atoms with Crippen molar-refractivity contribution in [2.75, 3.05) is 47.1 Å². The lowest BCUT2D eigenvalue weighted by Crippen LogP contribution is -2.39. The van der Waals surface area contributed by atoms with Gasteiger partial charge in [-0.3, -0.25) is 14.5 Å². The van der Waals surface area contributed by atoms with E-state index in [1.807, 2.05) is 6.07 Å². The Morgan fingerprint density at radius 3 is 2.47 bits per heavy atom. The topological polar surface area (TPSA) is 68.3 Å². The Morgan fingerprint density at radius 1 is 1.03 bits per heavy atom. The number of nitrogens with zero attached hydrogens (tertiary/aromatic N) is 2. The number of hydrogen-bond acceptors (Lipinski definition) is 6. The van der Waals surface area contributed by atoms with Crippen LogP contribution in [0.2, 0.25) is 0 Å². The van der Waals surface area contributed by atoms with Gasteiger partial charge < -0.3 is 19.1 Å². The molecule has 1 atom stereocenters. The Morgan fingerprint density at radius 2 is 1.78 bits per heavy atom. The van der Waals surface area contributed by atoms with Crippen LogP contribution >= 0.6 is 0 Å². The smallest absolute Gasteiger partial charge is 0.277 e. The van der Waals surface area contributed by atoms with E-state index in [4.69, 9.17) is 14.2 Å². The summed E-state index contributed by atoms with van der Waals surface area (Å²) in [7, 11) is 3.14. The SMILES string of the molecule is CCCCOCCCN1C(=O)C(c2ccc(OC)c(OC)c2)=C(N2CCCC(C)C2)C1=O. The van der Waals surface area contributed by atoms with Gasteiger partial charge in [-0.1, -0.05) is 26.3 Å². The summed E-state index contributed by atoms with van der Waals surface area (Å²) in [4.78, 5) is 30.4. The molecule has 2 amide bonds. The number of carbonyl (C=O) groups is 2. The van der Waals surface area contributed by atoms with E-state index in [0.29, 0.717) is 60.4 Å². The van der Waals surface area contributed by atoms with Crippen molar-refractivity contribution in [3.05, 3.63) is 29.5 Å². The van der Waals surface area contributed by atoms with E-state index in [2.05, 4.69) is 18.7 Å². The molecule has 0 radical (unpaired) electrons. The lowest BCUT2D eigenvalue weighted by atomic mass is 9.97. The van der Waals surface area contributed by atoms with Gasteiger partial charge in [-0.15, -0.1) is 0 Å². The highest BCUT2D eigenvalue weighted by Gasteiger charge is 2.42. The molecular weight excluding hydrogens is 408 g/mol. The minimum atomic E-state index is -0.246. The van der Waals surface area contributed by atoms with E-state index in [0.717, 1.165) is 38.8 Å². The predicted octanol–water partition coefficient (Wildman–Crippen LogP) is 3.72. The van der Waals surface area contributed by atoms with E-state index < -0.39 is 0 Å². The van der Waals surface area contributed by atoms with Crippen LogP contribution in [0.15, 0.2) is 23.9 Å². The highest BCUT2D eigenvalue weighted by atomic mass is 16.5. The predicted molar refractivity (Wildman–Crippen MR) is 124 cm³/mol. The van der Waals surface area contributed by atoms with Gasteiger partial charge in [0.25, 0.3) is 11.8 Å². The van der Waals surface area contributed by atoms with Crippen LogP contribution in [0.1, 0.15) is 51.5 Å². The van der Waals surface area contributed by atoms with Crippen LogP contribution in [0.5, 0.6) is 11.5 Å². The van der Waals surface area contributed by atoms with Crippen molar-refractivity contribution >= 4 is 17.4 Å². The van der Waals surface area contributed by atoms with Crippen molar-refractivity contribution in [3.63, 3.8) is 0 Å². The summed E-state index contributed by atoms with van der Waals surface area (Å²) < 4.78 is 16.4. The molecule has 0 bridgehead atoms. The molecule has 1 fully saturated rings. The number of imide groups is 1. The average molecular weight is 445 g/mol. The number of rotatable bonds is 11. The van der Waals surface area contributed by atoms with Gasteiger partial charge in [0.05, 0.1) is 19.8 Å². The highest BCUT2D eigenvalue weighted by Crippen LogP contribution is 2.37. The van der Waals surface area contributed by atoms with Crippen LogP contribution in [-0.4, -0.2) is 68.7 Å². The minimum absolute atomic E-state index is 0.206. The van der Waals surface area contributed by atoms with Crippen LogP contribution in [0.4, 0.5) is 0 Å². The molecule has 2 aliphatic rings. The standard InChI is InChI=1S/C25H36N2O5/c1-5-6-14-32-15-8-13-27-24(28)22(19-10-11-20(30-3)21(16-19)31-4)23(25(27)29)26-12-7-9-18(2)17-26/h10-11,16,18H,5-9,12-15,17H2,1-4H3. The number of unbranched alkanes of at least 4 members (excludes halogenated alkanes) is 1. The van der Waals surface area contributed by atoms with Crippen molar-refractivity contribution in [1.29, 1.82) is 0 Å². The van der Waals surface area contributed by atoms with Crippen LogP contribution in [-0.2, 0) is 14.3 Å². The summed E-state index contributed by atoms with van der Waals surface area (Å²) in [5.41, 5.74) is 1.65. The zero-order valence-electron chi connectivity index (χ0n) is 19.8. The lowest BCUT2D eigenvalue weighted by molar-refractivity contribution is -0.137. The fourth-order valence-corrected chi connectivity index (χ4v) is 4.38. The van der Waals surface area contributed by atoms with Gasteiger partial charge in [-0.2, -0.15) is 0 Å². The lowest BCUT2D eigenvalue weighted by Gasteiger charge is -2.33. The van der Waals surface area contributed by atoms with Crippen LogP contribution in [0, 0.1) is 5.92 Å². The average Bonchev–Trinajstić information content (AvgIpc) is 3.05. The van der Waals surface area contributed by atoms with Crippen LogP contribution in [0.25, 0.3) is 5.57 Å². The van der Waals surface area contributed by atoms with Gasteiger partial charge >= 0.3 is 0 Å². The van der Waals surface area contributed by atoms with Crippen molar-refractivity contribution in [2.45, 2.75) is 46.0 Å². The number of piperidine rings is 1. The van der Waals surface area contributed by atoms with E-state index in [1.165, 1.54) is 4.90 Å². The molecule has 176 valence electrons. The zero-order valence-corrected chi connectivity index (χ0v) is 19.8. The third-order valence-electron chi connectivity index (χ3n) is 6.10. The maximum absolute atomic E-state index is 13.5. The molecule has 3 rings (SSSR count). The number of methoxy groups -OCH3 is 2. The monoisotopic (exact) mass is 444 g/mol. The summed E-state index contributed by atoms with van der Waals surface area (Å²) in [5, 5.41) is 0. The second-order valence-corrected chi connectivity index (χ2v) is 8.57. The fourth-order valence-electron chi connectivity index (χ4n) is 4.38. The quantitative estimate of drug-likeness (QED) is 0.383. The molecule has 0 aromatic heterocycles. The zero-order chi connectivity index (χ0) is 23.1. The summed E-state index contributed by atoms with van der Waals surface area (Å²) in [6, 6.07) is 5.39. The van der Waals surface area contributed by atoms with Crippen molar-refractivity contribution in [3.8, 4) is 11.5 Å². The first kappa shape index (κ1) is 24.1. The molecule has 2 aliphatic heterocycles. The number of carbonyl (C=O) groups excluding carboxylic acids is 2. The van der Waals surface area contributed by atoms with Crippen molar-refractivity contribution < 1.29 is 23.8 Å². The molecule has 32 heavy (non-hydrogen) atoms. The minimum Gasteiger partial charge on any atom is -0.493 e. The number of amides is 2. The number of likely N-dealkylation sites (tertiary alicyclic amines) is 1. The maximum atomic E-state index is 13.5. The highest BCUT2D eigenvalue weighted by molar-refractivity contribution is 6.35. The first-order chi connectivity index (χ1) is 15.5. The van der Waals surface area contributed by atoms with Crippen LogP contribution in [0.3, 0.4) is 0 Å². The Balaban J connectivity index is 1.88. The van der Waals surface area contributed by atoms with E-state index >= 15 is 0 Å². The van der Waals surface area contributed by atoms with E-state index in [1.54, 1.807) is 26.4 Å². The van der Waals surface area contributed by atoms with Gasteiger partial charge in [-0.25, -0.2) is 0 Å². The molecule has 0 aliphatic carbocycles. The Hall–Kier alpha value is -2.54. The fraction of sp³-hybridized carbons (Fsp3) is 0.600. The third-order valence-corrected chi connectivity index (χ3v) is 6.10. The van der Waals surface area contributed by atoms with E-state index in [-0.39, 0.29) is 11.8 Å². The van der Waals surface area contributed by atoms with Crippen molar-refractivity contribution in [2.24, 2.45) is 5.92 Å². The first-order valence-electron chi connectivity index (χ1n) is 11.7. The summed E-state index contributed by atoms with van der Waals surface area (Å²) in [5.74, 6) is 1.15. The largest absolute Gasteiger partial charge is 0.493 e. The van der Waals surface area contributed by atoms with Gasteiger partial charge in [0.15, 0.2) is 11.5 Å². The molecule has 7 nitrogen and oxygen atoms in total. The molecular formula is C25H36N2O5. The molecule has 7 heteroatoms. The molecule has 2 heterocycles. The maximum Gasteiger partial charge on any atom is 0.277 e. The molecule has 1 unspecified atom stereocenters. The third kappa shape index (κ3) is 5.26. The molecule has 1 aromatic rings. The Labute approximate surface area is 191 Å². The Kier molecular flexibility index (Phi) is 8.56. The summed E-state index contributed by atoms with van der Waals surface area (Å²) in [6.07, 6.45) is 4.88. The molecule has 1 saturated heterocycles. The van der Waals surface area contributed by atoms with Crippen molar-refractivity contribution in [1.82, 2.24) is 9.80 Å². The normalized spacial score (nSPS) is 19.2. The molecule has 0 spiro atoms. The second-order valence-electron chi connectivity index (χ2n) is 8.57. The Bertz CT molecular complexity index is 851. The number of hydrogen-bond donors (Lipinski definition) is 0. The number of ether oxygens (including phenoxy) is 3. The van der Waals surface area contributed by atoms with Gasteiger partial charge in [0, 0.05) is 32.8 Å². The first-order valence-corrected chi connectivity index (χ1v) is 11.7. The number of benzene rings is 1. The van der Waals surface area contributed by atoms with Gasteiger partial charge in [0.1, 0.15) is 5.70 Å². The van der Waals surface area contributed by atoms with Gasteiger partial charge in [0.2, 0.25) is 0 Å². The second kappa shape index (κ2) is 11.4. The van der Waals surface area contributed by atoms with E-state index in [9.17, 15) is 9.59 Å². The molecule has 1 aromatic carbocycles. The summed E-state index contributed by atoms with van der Waals surface area (Å²) in [6.45, 7) is 7.48.